The van der Waals surface area contributed by atoms with Gasteiger partial charge in [0, 0.05) is 31.2 Å². The lowest BCUT2D eigenvalue weighted by Gasteiger charge is -2.07. The van der Waals surface area contributed by atoms with E-state index in [2.05, 4.69) is 37.9 Å². The van der Waals surface area contributed by atoms with E-state index in [1.165, 1.54) is 0 Å². The molecule has 0 atom stereocenters. The highest BCUT2D eigenvalue weighted by Gasteiger charge is 2.10. The molecular weight excluding hydrogens is 286 g/mol. The molecule has 3 rings (SSSR count). The normalized spacial score (nSPS) is 10.9. The van der Waals surface area contributed by atoms with Gasteiger partial charge in [0.15, 0.2) is 11.5 Å². The standard InChI is InChI=1S/C13H15N7S/c14-11-10-12(20(4-5-21)8-17-10)19-13(18-11)16-7-9-2-1-3-15-6-9/h1-3,6,8,21H,4-5,7H2,(H3,14,16,18,19). The zero-order chi connectivity index (χ0) is 14.7. The molecule has 0 spiro atoms. The summed E-state index contributed by atoms with van der Waals surface area (Å²) in [7, 11) is 0. The highest BCUT2D eigenvalue weighted by atomic mass is 32.1. The summed E-state index contributed by atoms with van der Waals surface area (Å²) in [6, 6.07) is 3.87. The first kappa shape index (κ1) is 13.6. The van der Waals surface area contributed by atoms with Gasteiger partial charge < -0.3 is 15.6 Å². The largest absolute Gasteiger partial charge is 0.382 e. The highest BCUT2D eigenvalue weighted by molar-refractivity contribution is 7.80. The Morgan fingerprint density at radius 3 is 3.00 bits per heavy atom. The van der Waals surface area contributed by atoms with Crippen molar-refractivity contribution in [2.75, 3.05) is 16.8 Å². The molecule has 108 valence electrons. The first-order chi connectivity index (χ1) is 10.3. The van der Waals surface area contributed by atoms with Crippen molar-refractivity contribution in [1.82, 2.24) is 24.5 Å². The first-order valence-electron chi connectivity index (χ1n) is 6.50. The number of hydrogen-bond donors (Lipinski definition) is 3. The zero-order valence-electron chi connectivity index (χ0n) is 11.3. The molecule has 0 radical (unpaired) electrons. The highest BCUT2D eigenvalue weighted by Crippen LogP contribution is 2.18. The number of thiol groups is 1. The summed E-state index contributed by atoms with van der Waals surface area (Å²) in [6.07, 6.45) is 5.23. The number of nitrogen functional groups attached to an aromatic ring is 1. The Morgan fingerprint density at radius 1 is 1.33 bits per heavy atom. The number of nitrogens with zero attached hydrogens (tertiary/aromatic N) is 5. The smallest absolute Gasteiger partial charge is 0.227 e. The number of fused-ring (bicyclic) bond motifs is 1. The number of nitrogens with one attached hydrogen (secondary N) is 1. The van der Waals surface area contributed by atoms with Crippen LogP contribution in [0, 0.1) is 0 Å². The van der Waals surface area contributed by atoms with Crippen molar-refractivity contribution in [3.8, 4) is 0 Å². The zero-order valence-corrected chi connectivity index (χ0v) is 12.2. The lowest BCUT2D eigenvalue weighted by molar-refractivity contribution is 0.788. The second kappa shape index (κ2) is 5.96. The fourth-order valence-electron chi connectivity index (χ4n) is 2.00. The van der Waals surface area contributed by atoms with Crippen LogP contribution in [0.3, 0.4) is 0 Å². The van der Waals surface area contributed by atoms with Gasteiger partial charge in [-0.15, -0.1) is 0 Å². The molecule has 0 fully saturated rings. The number of imidazole rings is 1. The van der Waals surface area contributed by atoms with Gasteiger partial charge in [-0.25, -0.2) is 4.98 Å². The van der Waals surface area contributed by atoms with Gasteiger partial charge in [-0.05, 0) is 11.6 Å². The monoisotopic (exact) mass is 301 g/mol. The Morgan fingerprint density at radius 2 is 2.24 bits per heavy atom. The second-order valence-corrected chi connectivity index (χ2v) is 4.93. The average Bonchev–Trinajstić information content (AvgIpc) is 2.90. The summed E-state index contributed by atoms with van der Waals surface area (Å²) in [6.45, 7) is 1.30. The molecule has 0 aliphatic heterocycles. The van der Waals surface area contributed by atoms with Gasteiger partial charge in [-0.2, -0.15) is 22.6 Å². The summed E-state index contributed by atoms with van der Waals surface area (Å²) < 4.78 is 1.91. The van der Waals surface area contributed by atoms with Gasteiger partial charge in [0.05, 0.1) is 6.33 Å². The average molecular weight is 301 g/mol. The molecule has 0 aliphatic rings. The molecule has 8 heteroatoms. The Balaban J connectivity index is 1.87. The van der Waals surface area contributed by atoms with Crippen LogP contribution in [-0.2, 0) is 13.1 Å². The molecule has 3 aromatic heterocycles. The summed E-state index contributed by atoms with van der Waals surface area (Å²) in [5.41, 5.74) is 8.31. The second-order valence-electron chi connectivity index (χ2n) is 4.48. The lowest BCUT2D eigenvalue weighted by atomic mass is 10.3. The molecule has 3 N–H and O–H groups in total. The van der Waals surface area contributed by atoms with Crippen LogP contribution in [0.4, 0.5) is 11.8 Å². The summed E-state index contributed by atoms with van der Waals surface area (Å²) in [5.74, 6) is 1.55. The van der Waals surface area contributed by atoms with E-state index in [9.17, 15) is 0 Å². The SMILES string of the molecule is Nc1nc(NCc2cccnc2)nc2c1ncn2CCS. The van der Waals surface area contributed by atoms with Crippen LogP contribution in [0.15, 0.2) is 30.9 Å². The van der Waals surface area contributed by atoms with E-state index in [0.717, 1.165) is 12.1 Å². The first-order valence-corrected chi connectivity index (χ1v) is 7.13. The maximum absolute atomic E-state index is 5.94. The minimum atomic E-state index is 0.367. The molecule has 0 aromatic carbocycles. The van der Waals surface area contributed by atoms with Crippen LogP contribution in [0.2, 0.25) is 0 Å². The third-order valence-corrected chi connectivity index (χ3v) is 3.21. The van der Waals surface area contributed by atoms with Crippen molar-refractivity contribution in [2.45, 2.75) is 13.1 Å². The Labute approximate surface area is 127 Å². The molecular formula is C13H15N7S. The van der Waals surface area contributed by atoms with Crippen LogP contribution in [0.5, 0.6) is 0 Å². The Bertz CT molecular complexity index is 741. The predicted molar refractivity (Wildman–Crippen MR) is 85.2 cm³/mol. The van der Waals surface area contributed by atoms with Crippen LogP contribution in [0.25, 0.3) is 11.2 Å². The predicted octanol–water partition coefficient (Wildman–Crippen LogP) is 1.35. The van der Waals surface area contributed by atoms with Crippen molar-refractivity contribution in [3.63, 3.8) is 0 Å². The van der Waals surface area contributed by atoms with E-state index in [-0.39, 0.29) is 0 Å². The Hall–Kier alpha value is -2.35. The van der Waals surface area contributed by atoms with Crippen LogP contribution in [0.1, 0.15) is 5.56 Å². The fourth-order valence-corrected chi connectivity index (χ4v) is 2.22. The van der Waals surface area contributed by atoms with Gasteiger partial charge in [0.25, 0.3) is 0 Å². The van der Waals surface area contributed by atoms with Gasteiger partial charge in [0.2, 0.25) is 5.95 Å². The summed E-state index contributed by atoms with van der Waals surface area (Å²) in [4.78, 5) is 17.0. The van der Waals surface area contributed by atoms with E-state index in [0.29, 0.717) is 35.2 Å². The number of nitrogens with two attached hydrogens (primary N) is 1. The number of aromatic nitrogens is 5. The van der Waals surface area contributed by atoms with Gasteiger partial charge in [0.1, 0.15) is 5.52 Å². The quantitative estimate of drug-likeness (QED) is 0.616. The Kier molecular flexibility index (Phi) is 3.87. The van der Waals surface area contributed by atoms with Crippen LogP contribution >= 0.6 is 12.6 Å². The topological polar surface area (TPSA) is 94.5 Å². The lowest BCUT2D eigenvalue weighted by Crippen LogP contribution is -2.07. The minimum absolute atomic E-state index is 0.367. The third kappa shape index (κ3) is 2.89. The number of hydrogen-bond acceptors (Lipinski definition) is 7. The maximum Gasteiger partial charge on any atom is 0.227 e. The molecule has 0 saturated heterocycles. The van der Waals surface area contributed by atoms with Crippen LogP contribution < -0.4 is 11.1 Å². The minimum Gasteiger partial charge on any atom is -0.382 e. The maximum atomic E-state index is 5.94. The van der Waals surface area contributed by atoms with E-state index in [1.54, 1.807) is 18.7 Å². The van der Waals surface area contributed by atoms with Crippen LogP contribution in [-0.4, -0.2) is 30.3 Å². The van der Waals surface area contributed by atoms with E-state index in [4.69, 9.17) is 5.73 Å². The number of anilines is 2. The molecule has 7 nitrogen and oxygen atoms in total. The van der Waals surface area contributed by atoms with Gasteiger partial charge in [-0.3, -0.25) is 4.98 Å². The summed E-state index contributed by atoms with van der Waals surface area (Å²) in [5, 5.41) is 3.15. The molecule has 21 heavy (non-hydrogen) atoms. The molecule has 3 heterocycles. The van der Waals surface area contributed by atoms with Crippen molar-refractivity contribution in [3.05, 3.63) is 36.4 Å². The van der Waals surface area contributed by atoms with Crippen molar-refractivity contribution in [2.24, 2.45) is 0 Å². The number of aryl methyl sites for hydroxylation is 1. The van der Waals surface area contributed by atoms with Crippen molar-refractivity contribution < 1.29 is 0 Å². The van der Waals surface area contributed by atoms with Crippen molar-refractivity contribution >= 4 is 35.6 Å². The van der Waals surface area contributed by atoms with E-state index < -0.39 is 0 Å². The fraction of sp³-hybridized carbons (Fsp3) is 0.231. The summed E-state index contributed by atoms with van der Waals surface area (Å²) >= 11 is 4.23. The van der Waals surface area contributed by atoms with Crippen molar-refractivity contribution in [1.29, 1.82) is 0 Å². The molecule has 0 unspecified atom stereocenters. The molecule has 0 saturated carbocycles. The number of rotatable bonds is 5. The van der Waals surface area contributed by atoms with Gasteiger partial charge in [-0.1, -0.05) is 6.07 Å². The molecule has 0 bridgehead atoms. The van der Waals surface area contributed by atoms with E-state index >= 15 is 0 Å². The van der Waals surface area contributed by atoms with E-state index in [1.807, 2.05) is 16.7 Å². The molecule has 0 aliphatic carbocycles. The number of pyridine rings is 1. The third-order valence-electron chi connectivity index (χ3n) is 3.01. The molecule has 3 aromatic rings. The molecule has 0 amide bonds. The van der Waals surface area contributed by atoms with Gasteiger partial charge >= 0.3 is 0 Å².